The number of thiol groups is 1. The number of aromatic nitrogens is 3. The Labute approximate surface area is 129 Å². The number of hydrogen-bond acceptors (Lipinski definition) is 3. The summed E-state index contributed by atoms with van der Waals surface area (Å²) < 4.78 is 2.10. The van der Waals surface area contributed by atoms with Crippen LogP contribution in [0.4, 0.5) is 0 Å². The molecule has 0 amide bonds. The molecule has 1 atom stereocenters. The first-order valence-electron chi connectivity index (χ1n) is 8.15. The summed E-state index contributed by atoms with van der Waals surface area (Å²) in [5, 5.41) is 8.81. The second kappa shape index (κ2) is 10.3. The summed E-state index contributed by atoms with van der Waals surface area (Å²) in [6.45, 7) is 7.76. The fraction of sp³-hybridized carbons (Fsp3) is 0.875. The lowest BCUT2D eigenvalue weighted by Crippen LogP contribution is -2.06. The average molecular weight is 298 g/mol. The van der Waals surface area contributed by atoms with E-state index in [-0.39, 0.29) is 0 Å². The summed E-state index contributed by atoms with van der Waals surface area (Å²) in [6.07, 6.45) is 11.9. The van der Waals surface area contributed by atoms with E-state index in [9.17, 15) is 0 Å². The molecular formula is C16H31N3S. The molecule has 4 heteroatoms. The molecule has 1 rings (SSSR count). The molecular weight excluding hydrogens is 266 g/mol. The Morgan fingerprint density at radius 3 is 2.50 bits per heavy atom. The predicted molar refractivity (Wildman–Crippen MR) is 89.3 cm³/mol. The van der Waals surface area contributed by atoms with Crippen LogP contribution in [-0.2, 0) is 13.0 Å². The van der Waals surface area contributed by atoms with Gasteiger partial charge < -0.3 is 0 Å². The summed E-state index contributed by atoms with van der Waals surface area (Å²) in [5.74, 6) is 0.805. The molecule has 20 heavy (non-hydrogen) atoms. The van der Waals surface area contributed by atoms with Crippen molar-refractivity contribution in [2.24, 2.45) is 5.92 Å². The third-order valence-electron chi connectivity index (χ3n) is 3.65. The number of nitrogens with zero attached hydrogens (tertiary/aromatic N) is 3. The molecule has 1 aromatic rings. The van der Waals surface area contributed by atoms with Crippen LogP contribution in [0.15, 0.2) is 6.20 Å². The Kier molecular flexibility index (Phi) is 8.99. The van der Waals surface area contributed by atoms with Crippen molar-refractivity contribution in [3.05, 3.63) is 11.9 Å². The minimum Gasteiger partial charge on any atom is -0.249 e. The normalized spacial score (nSPS) is 13.1. The van der Waals surface area contributed by atoms with E-state index in [4.69, 9.17) is 0 Å². The predicted octanol–water partition coefficient (Wildman–Crippen LogP) is 4.53. The molecule has 0 bridgehead atoms. The van der Waals surface area contributed by atoms with E-state index in [1.807, 2.05) is 6.20 Å². The van der Waals surface area contributed by atoms with Crippen molar-refractivity contribution >= 4 is 12.6 Å². The van der Waals surface area contributed by atoms with Gasteiger partial charge in [0.2, 0.25) is 0 Å². The van der Waals surface area contributed by atoms with Crippen LogP contribution in [0, 0.1) is 5.92 Å². The topological polar surface area (TPSA) is 30.7 Å². The van der Waals surface area contributed by atoms with Gasteiger partial charge >= 0.3 is 0 Å². The minimum atomic E-state index is 0.531. The number of aryl methyl sites for hydroxylation is 2. The molecule has 0 aromatic carbocycles. The van der Waals surface area contributed by atoms with Crippen LogP contribution in [0.25, 0.3) is 0 Å². The van der Waals surface area contributed by atoms with E-state index in [1.165, 1.54) is 50.6 Å². The highest BCUT2D eigenvalue weighted by atomic mass is 32.1. The van der Waals surface area contributed by atoms with Gasteiger partial charge in [-0.1, -0.05) is 51.7 Å². The van der Waals surface area contributed by atoms with Gasteiger partial charge in [-0.3, -0.25) is 0 Å². The van der Waals surface area contributed by atoms with Crippen molar-refractivity contribution in [1.82, 2.24) is 15.0 Å². The molecule has 0 radical (unpaired) electrons. The summed E-state index contributed by atoms with van der Waals surface area (Å²) in [6, 6.07) is 0. The van der Waals surface area contributed by atoms with Crippen LogP contribution in [0.5, 0.6) is 0 Å². The van der Waals surface area contributed by atoms with Crippen LogP contribution in [-0.4, -0.2) is 20.2 Å². The zero-order valence-electron chi connectivity index (χ0n) is 13.4. The summed E-state index contributed by atoms with van der Waals surface area (Å²) >= 11 is 4.41. The maximum absolute atomic E-state index is 4.41. The van der Waals surface area contributed by atoms with E-state index in [0.717, 1.165) is 18.9 Å². The monoisotopic (exact) mass is 297 g/mol. The molecule has 1 unspecified atom stereocenters. The molecule has 0 spiro atoms. The largest absolute Gasteiger partial charge is 0.249 e. The fourth-order valence-corrected chi connectivity index (χ4v) is 2.58. The van der Waals surface area contributed by atoms with E-state index in [0.29, 0.717) is 5.25 Å². The molecule has 1 heterocycles. The van der Waals surface area contributed by atoms with Crippen molar-refractivity contribution in [3.63, 3.8) is 0 Å². The molecule has 0 aliphatic rings. The molecule has 0 N–H and O–H groups in total. The number of rotatable bonds is 11. The van der Waals surface area contributed by atoms with E-state index < -0.39 is 0 Å². The van der Waals surface area contributed by atoms with Gasteiger partial charge in [0, 0.05) is 6.54 Å². The lowest BCUT2D eigenvalue weighted by atomic mass is 10.1. The first-order chi connectivity index (χ1) is 9.59. The van der Waals surface area contributed by atoms with E-state index >= 15 is 0 Å². The molecule has 0 aliphatic carbocycles. The van der Waals surface area contributed by atoms with Gasteiger partial charge in [0.05, 0.1) is 11.9 Å². The smallest absolute Gasteiger partial charge is 0.0725 e. The van der Waals surface area contributed by atoms with E-state index in [1.54, 1.807) is 0 Å². The summed E-state index contributed by atoms with van der Waals surface area (Å²) in [5.41, 5.74) is 1.30. The highest BCUT2D eigenvalue weighted by Crippen LogP contribution is 2.12. The quantitative estimate of drug-likeness (QED) is 0.480. The van der Waals surface area contributed by atoms with Gasteiger partial charge in [0.25, 0.3) is 0 Å². The molecule has 0 aliphatic heterocycles. The third-order valence-corrected chi connectivity index (χ3v) is 3.91. The molecule has 3 nitrogen and oxygen atoms in total. The molecule has 0 fully saturated rings. The Morgan fingerprint density at radius 2 is 1.80 bits per heavy atom. The van der Waals surface area contributed by atoms with Gasteiger partial charge in [-0.2, -0.15) is 12.6 Å². The lowest BCUT2D eigenvalue weighted by Gasteiger charge is -2.08. The number of hydrogen-bond donors (Lipinski definition) is 1. The first-order valence-corrected chi connectivity index (χ1v) is 8.66. The summed E-state index contributed by atoms with van der Waals surface area (Å²) in [7, 11) is 0. The SMILES string of the molecule is CC(C)CCCCn1nncc1CCCCCC(C)S. The maximum atomic E-state index is 4.41. The van der Waals surface area contributed by atoms with Crippen molar-refractivity contribution in [2.75, 3.05) is 0 Å². The first kappa shape index (κ1) is 17.5. The van der Waals surface area contributed by atoms with Crippen LogP contribution in [0.3, 0.4) is 0 Å². The molecule has 1 aromatic heterocycles. The maximum Gasteiger partial charge on any atom is 0.0725 e. The minimum absolute atomic E-state index is 0.531. The highest BCUT2D eigenvalue weighted by molar-refractivity contribution is 7.80. The molecule has 0 saturated heterocycles. The lowest BCUT2D eigenvalue weighted by molar-refractivity contribution is 0.474. The van der Waals surface area contributed by atoms with Gasteiger partial charge in [-0.05, 0) is 36.9 Å². The number of unbranched alkanes of at least 4 members (excludes halogenated alkanes) is 3. The van der Waals surface area contributed by atoms with Gasteiger partial charge in [0.15, 0.2) is 0 Å². The van der Waals surface area contributed by atoms with Gasteiger partial charge in [-0.25, -0.2) is 4.68 Å². The second-order valence-electron chi connectivity index (χ2n) is 6.29. The Balaban J connectivity index is 2.18. The zero-order valence-corrected chi connectivity index (χ0v) is 14.3. The van der Waals surface area contributed by atoms with E-state index in [2.05, 4.69) is 48.4 Å². The van der Waals surface area contributed by atoms with Crippen molar-refractivity contribution in [2.45, 2.75) is 83.9 Å². The van der Waals surface area contributed by atoms with Gasteiger partial charge in [-0.15, -0.1) is 5.10 Å². The van der Waals surface area contributed by atoms with Crippen LogP contribution in [0.2, 0.25) is 0 Å². The second-order valence-corrected chi connectivity index (χ2v) is 7.17. The highest BCUT2D eigenvalue weighted by Gasteiger charge is 2.04. The Hall–Kier alpha value is -0.510. The average Bonchev–Trinajstić information content (AvgIpc) is 2.81. The molecule has 116 valence electrons. The third kappa shape index (κ3) is 7.93. The Bertz CT molecular complexity index is 347. The molecule has 0 saturated carbocycles. The zero-order chi connectivity index (χ0) is 14.8. The van der Waals surface area contributed by atoms with Crippen LogP contribution < -0.4 is 0 Å². The van der Waals surface area contributed by atoms with Gasteiger partial charge in [0.1, 0.15) is 0 Å². The fourth-order valence-electron chi connectivity index (χ4n) is 2.40. The van der Waals surface area contributed by atoms with Crippen molar-refractivity contribution in [1.29, 1.82) is 0 Å². The van der Waals surface area contributed by atoms with Crippen LogP contribution in [0.1, 0.15) is 71.4 Å². The van der Waals surface area contributed by atoms with Crippen molar-refractivity contribution < 1.29 is 0 Å². The summed E-state index contributed by atoms with van der Waals surface area (Å²) in [4.78, 5) is 0. The van der Waals surface area contributed by atoms with Crippen LogP contribution >= 0.6 is 12.6 Å². The van der Waals surface area contributed by atoms with Crippen molar-refractivity contribution in [3.8, 4) is 0 Å². The Morgan fingerprint density at radius 1 is 1.05 bits per heavy atom. The standard InChI is InChI=1S/C16H31N3S/c1-14(2)9-7-8-12-19-16(13-17-18-19)11-6-4-5-10-15(3)20/h13-15,20H,4-12H2,1-3H3.